The molecule has 15 heavy (non-hydrogen) atoms. The number of methoxy groups -OCH3 is 1. The molecule has 0 aliphatic heterocycles. The van der Waals surface area contributed by atoms with Gasteiger partial charge in [0.15, 0.2) is 11.6 Å². The number of hydrogen-bond donors (Lipinski definition) is 2. The summed E-state index contributed by atoms with van der Waals surface area (Å²) in [4.78, 5) is 4.24. The van der Waals surface area contributed by atoms with Crippen LogP contribution < -0.4 is 15.8 Å². The van der Waals surface area contributed by atoms with E-state index in [1.165, 1.54) is 0 Å². The molecule has 84 valence electrons. The quantitative estimate of drug-likeness (QED) is 0.773. The first-order valence-electron chi connectivity index (χ1n) is 5.12. The largest absolute Gasteiger partial charge is 0.493 e. The van der Waals surface area contributed by atoms with Gasteiger partial charge in [0.2, 0.25) is 0 Å². The Balaban J connectivity index is 2.87. The molecule has 1 aromatic rings. The molecule has 3 N–H and O–H groups in total. The lowest BCUT2D eigenvalue weighted by atomic mass is 9.99. The fraction of sp³-hybridized carbons (Fsp3) is 0.545. The van der Waals surface area contributed by atoms with Gasteiger partial charge in [-0.15, -0.1) is 0 Å². The van der Waals surface area contributed by atoms with Crippen molar-refractivity contribution in [2.45, 2.75) is 25.8 Å². The average molecular weight is 209 g/mol. The van der Waals surface area contributed by atoms with E-state index in [0.717, 1.165) is 18.0 Å². The van der Waals surface area contributed by atoms with Crippen molar-refractivity contribution < 1.29 is 4.74 Å². The molecule has 4 nitrogen and oxygen atoms in total. The highest BCUT2D eigenvalue weighted by molar-refractivity contribution is 5.51. The van der Waals surface area contributed by atoms with Gasteiger partial charge in [0.1, 0.15) is 0 Å². The minimum Gasteiger partial charge on any atom is -0.493 e. The second kappa shape index (κ2) is 4.98. The Kier molecular flexibility index (Phi) is 3.91. The molecule has 1 aromatic heterocycles. The van der Waals surface area contributed by atoms with Gasteiger partial charge < -0.3 is 15.8 Å². The molecular weight excluding hydrogens is 190 g/mol. The van der Waals surface area contributed by atoms with E-state index in [1.54, 1.807) is 13.3 Å². The number of pyridine rings is 1. The molecule has 0 amide bonds. The van der Waals surface area contributed by atoms with Crippen LogP contribution in [0.1, 0.15) is 20.3 Å². The number of rotatable bonds is 5. The number of nitrogens with two attached hydrogens (primary N) is 1. The normalized spacial score (nSPS) is 14.4. The lowest BCUT2D eigenvalue weighted by molar-refractivity contribution is 0.411. The van der Waals surface area contributed by atoms with E-state index in [2.05, 4.69) is 24.1 Å². The number of aromatic nitrogens is 1. The molecule has 0 aromatic carbocycles. The van der Waals surface area contributed by atoms with Gasteiger partial charge in [-0.2, -0.15) is 0 Å². The monoisotopic (exact) mass is 209 g/mol. The van der Waals surface area contributed by atoms with Gasteiger partial charge in [0, 0.05) is 18.3 Å². The maximum atomic E-state index is 5.73. The van der Waals surface area contributed by atoms with Crippen molar-refractivity contribution in [3.8, 4) is 5.75 Å². The van der Waals surface area contributed by atoms with Gasteiger partial charge >= 0.3 is 0 Å². The first kappa shape index (κ1) is 11.8. The molecule has 0 aliphatic rings. The first-order valence-corrected chi connectivity index (χ1v) is 5.12. The average Bonchev–Trinajstić information content (AvgIpc) is 2.29. The molecule has 1 heterocycles. The maximum Gasteiger partial charge on any atom is 0.169 e. The summed E-state index contributed by atoms with van der Waals surface area (Å²) in [6, 6.07) is 3.72. The Bertz CT molecular complexity index is 310. The fourth-order valence-electron chi connectivity index (χ4n) is 1.22. The van der Waals surface area contributed by atoms with Gasteiger partial charge in [-0.25, -0.2) is 4.98 Å². The van der Waals surface area contributed by atoms with Crippen LogP contribution in [0.2, 0.25) is 0 Å². The van der Waals surface area contributed by atoms with Crippen molar-refractivity contribution in [1.82, 2.24) is 4.98 Å². The van der Waals surface area contributed by atoms with E-state index in [-0.39, 0.29) is 5.54 Å². The van der Waals surface area contributed by atoms with Crippen LogP contribution in [-0.2, 0) is 0 Å². The summed E-state index contributed by atoms with van der Waals surface area (Å²) >= 11 is 0. The number of nitrogens with zero attached hydrogens (tertiary/aromatic N) is 1. The summed E-state index contributed by atoms with van der Waals surface area (Å²) in [7, 11) is 1.63. The van der Waals surface area contributed by atoms with Gasteiger partial charge in [0.05, 0.1) is 7.11 Å². The third kappa shape index (κ3) is 2.83. The maximum absolute atomic E-state index is 5.73. The van der Waals surface area contributed by atoms with E-state index in [4.69, 9.17) is 10.5 Å². The Morgan fingerprint density at radius 1 is 1.60 bits per heavy atom. The Hall–Kier alpha value is -1.29. The van der Waals surface area contributed by atoms with Crippen LogP contribution in [0, 0.1) is 0 Å². The highest BCUT2D eigenvalue weighted by Gasteiger charge is 2.21. The predicted molar refractivity (Wildman–Crippen MR) is 62.2 cm³/mol. The number of hydrogen-bond acceptors (Lipinski definition) is 4. The van der Waals surface area contributed by atoms with Crippen molar-refractivity contribution >= 4 is 5.82 Å². The van der Waals surface area contributed by atoms with Crippen molar-refractivity contribution in [2.24, 2.45) is 5.73 Å². The van der Waals surface area contributed by atoms with Gasteiger partial charge in [-0.05, 0) is 25.5 Å². The number of anilines is 1. The first-order chi connectivity index (χ1) is 7.15. The van der Waals surface area contributed by atoms with Crippen molar-refractivity contribution in [3.05, 3.63) is 18.3 Å². The second-order valence-corrected chi connectivity index (χ2v) is 3.80. The lowest BCUT2D eigenvalue weighted by Crippen LogP contribution is -2.42. The highest BCUT2D eigenvalue weighted by Crippen LogP contribution is 2.24. The molecule has 0 saturated carbocycles. The second-order valence-electron chi connectivity index (χ2n) is 3.80. The highest BCUT2D eigenvalue weighted by atomic mass is 16.5. The molecule has 0 aliphatic carbocycles. The molecule has 0 spiro atoms. The smallest absolute Gasteiger partial charge is 0.169 e. The summed E-state index contributed by atoms with van der Waals surface area (Å²) in [5.74, 6) is 1.49. The standard InChI is InChI=1S/C11H19N3O/c1-4-11(2,8-12)14-10-9(15-3)6-5-7-13-10/h5-7H,4,8,12H2,1-3H3,(H,13,14). The molecular formula is C11H19N3O. The molecule has 0 bridgehead atoms. The zero-order valence-electron chi connectivity index (χ0n) is 9.58. The Labute approximate surface area is 90.8 Å². The zero-order valence-corrected chi connectivity index (χ0v) is 9.58. The fourth-order valence-corrected chi connectivity index (χ4v) is 1.22. The van der Waals surface area contributed by atoms with Gasteiger partial charge in [0.25, 0.3) is 0 Å². The van der Waals surface area contributed by atoms with Crippen molar-refractivity contribution in [2.75, 3.05) is 19.0 Å². The van der Waals surface area contributed by atoms with Crippen LogP contribution in [0.5, 0.6) is 5.75 Å². The summed E-state index contributed by atoms with van der Waals surface area (Å²) in [5, 5.41) is 3.31. The van der Waals surface area contributed by atoms with E-state index < -0.39 is 0 Å². The third-order valence-corrected chi connectivity index (χ3v) is 2.64. The minimum atomic E-state index is -0.137. The van der Waals surface area contributed by atoms with E-state index in [1.807, 2.05) is 12.1 Å². The minimum absolute atomic E-state index is 0.137. The summed E-state index contributed by atoms with van der Waals surface area (Å²) in [5.41, 5.74) is 5.59. The summed E-state index contributed by atoms with van der Waals surface area (Å²) in [6.07, 6.45) is 2.67. The molecule has 0 fully saturated rings. The summed E-state index contributed by atoms with van der Waals surface area (Å²) < 4.78 is 5.21. The van der Waals surface area contributed by atoms with Crippen LogP contribution in [0.4, 0.5) is 5.82 Å². The van der Waals surface area contributed by atoms with Gasteiger partial charge in [-0.3, -0.25) is 0 Å². The van der Waals surface area contributed by atoms with Gasteiger partial charge in [-0.1, -0.05) is 6.92 Å². The van der Waals surface area contributed by atoms with Crippen LogP contribution >= 0.6 is 0 Å². The SMILES string of the molecule is CCC(C)(CN)Nc1ncccc1OC. The van der Waals surface area contributed by atoms with Crippen LogP contribution in [0.3, 0.4) is 0 Å². The van der Waals surface area contributed by atoms with Crippen LogP contribution in [0.15, 0.2) is 18.3 Å². The lowest BCUT2D eigenvalue weighted by Gasteiger charge is -2.29. The molecule has 1 unspecified atom stereocenters. The predicted octanol–water partition coefficient (Wildman–Crippen LogP) is 1.63. The van der Waals surface area contributed by atoms with E-state index >= 15 is 0 Å². The zero-order chi connectivity index (χ0) is 11.3. The van der Waals surface area contributed by atoms with Crippen molar-refractivity contribution in [3.63, 3.8) is 0 Å². The molecule has 1 rings (SSSR count). The topological polar surface area (TPSA) is 60.2 Å². The van der Waals surface area contributed by atoms with E-state index in [0.29, 0.717) is 6.54 Å². The molecule has 0 radical (unpaired) electrons. The van der Waals surface area contributed by atoms with Crippen LogP contribution in [-0.4, -0.2) is 24.2 Å². The number of nitrogens with one attached hydrogen (secondary N) is 1. The molecule has 1 atom stereocenters. The molecule has 4 heteroatoms. The van der Waals surface area contributed by atoms with Crippen LogP contribution in [0.25, 0.3) is 0 Å². The van der Waals surface area contributed by atoms with E-state index in [9.17, 15) is 0 Å². The third-order valence-electron chi connectivity index (χ3n) is 2.64. The Morgan fingerprint density at radius 2 is 2.33 bits per heavy atom. The number of ether oxygens (including phenoxy) is 1. The summed E-state index contributed by atoms with van der Waals surface area (Å²) in [6.45, 7) is 4.72. The Morgan fingerprint density at radius 3 is 2.87 bits per heavy atom. The van der Waals surface area contributed by atoms with Crippen molar-refractivity contribution in [1.29, 1.82) is 0 Å². The molecule has 0 saturated heterocycles.